The minimum atomic E-state index is -0.905. The van der Waals surface area contributed by atoms with Gasteiger partial charge in [0.2, 0.25) is 5.88 Å². The Hall–Kier alpha value is -3.57. The first-order chi connectivity index (χ1) is 19.0. The number of halogens is 2. The van der Waals surface area contributed by atoms with Crippen LogP contribution in [0, 0.1) is 11.6 Å². The van der Waals surface area contributed by atoms with E-state index in [9.17, 15) is 8.78 Å². The predicted molar refractivity (Wildman–Crippen MR) is 149 cm³/mol. The van der Waals surface area contributed by atoms with Crippen LogP contribution in [0.4, 0.5) is 25.3 Å². The quantitative estimate of drug-likeness (QED) is 0.372. The van der Waals surface area contributed by atoms with E-state index in [-0.39, 0.29) is 9.83 Å². The molecular formula is C28H29F2N7OS. The lowest BCUT2D eigenvalue weighted by Crippen LogP contribution is -2.51. The average molecular weight is 550 g/mol. The summed E-state index contributed by atoms with van der Waals surface area (Å²) in [6.07, 6.45) is 5.57. The molecule has 0 radical (unpaired) electrons. The molecule has 0 spiro atoms. The zero-order valence-corrected chi connectivity index (χ0v) is 22.2. The normalized spacial score (nSPS) is 20.5. The van der Waals surface area contributed by atoms with Crippen LogP contribution >= 0.6 is 11.3 Å². The first-order valence-corrected chi connectivity index (χ1v) is 14.2. The summed E-state index contributed by atoms with van der Waals surface area (Å²) >= 11 is 0.966. The number of nitrogens with two attached hydrogens (primary N) is 1. The molecule has 4 aromatic rings. The maximum Gasteiger partial charge on any atom is 0.215 e. The highest BCUT2D eigenvalue weighted by Crippen LogP contribution is 2.39. The molecule has 2 fully saturated rings. The van der Waals surface area contributed by atoms with Crippen LogP contribution in [0.1, 0.15) is 29.8 Å². The molecule has 2 saturated heterocycles. The summed E-state index contributed by atoms with van der Waals surface area (Å²) in [5, 5.41) is 3.92. The van der Waals surface area contributed by atoms with Crippen molar-refractivity contribution in [2.24, 2.45) is 0 Å². The van der Waals surface area contributed by atoms with E-state index in [1.807, 2.05) is 23.1 Å². The van der Waals surface area contributed by atoms with Crippen molar-refractivity contribution in [2.75, 3.05) is 41.8 Å². The van der Waals surface area contributed by atoms with Crippen LogP contribution in [0.5, 0.6) is 5.88 Å². The van der Waals surface area contributed by atoms with Gasteiger partial charge in [0.25, 0.3) is 0 Å². The number of hydrogen-bond acceptors (Lipinski definition) is 9. The summed E-state index contributed by atoms with van der Waals surface area (Å²) in [6, 6.07) is 10.1. The number of nitrogen functional groups attached to an aromatic ring is 1. The van der Waals surface area contributed by atoms with Crippen molar-refractivity contribution in [3.8, 4) is 5.88 Å². The standard InChI is InChI=1S/C28H29F2N7OS/c29-20-11-23(26-27(25(20)30)39-28(31)35-26)36-9-6-19-21(15-36)34-24(38-10-7-16-3-1-2-8-32-16)12-22(19)37-13-17-4-5-18(14-37)33-17/h1-3,8,11-12,17-18,33H,4-7,9-10,13-15H2,(H2,31,35). The SMILES string of the molecule is Nc1nc2c(N3CCc4c(N5CC6CCC(C5)N6)cc(OCCc5ccccn5)nc4C3)cc(F)c(F)c2s1. The molecule has 3 aromatic heterocycles. The second kappa shape index (κ2) is 9.87. The molecule has 3 N–H and O–H groups in total. The fraction of sp³-hybridized carbons (Fsp3) is 0.393. The molecule has 11 heteroatoms. The Morgan fingerprint density at radius 3 is 2.72 bits per heavy atom. The van der Waals surface area contributed by atoms with Crippen molar-refractivity contribution < 1.29 is 13.5 Å². The maximum atomic E-state index is 14.6. The second-order valence-electron chi connectivity index (χ2n) is 10.5. The zero-order valence-electron chi connectivity index (χ0n) is 21.4. The number of fused-ring (bicyclic) bond motifs is 4. The summed E-state index contributed by atoms with van der Waals surface area (Å²) in [7, 11) is 0. The first kappa shape index (κ1) is 24.5. The van der Waals surface area contributed by atoms with Gasteiger partial charge in [0, 0.05) is 73.4 Å². The molecular weight excluding hydrogens is 520 g/mol. The van der Waals surface area contributed by atoms with Gasteiger partial charge < -0.3 is 25.6 Å². The molecule has 3 aliphatic rings. The minimum Gasteiger partial charge on any atom is -0.477 e. The van der Waals surface area contributed by atoms with Gasteiger partial charge in [0.15, 0.2) is 16.8 Å². The number of rotatable bonds is 6. The van der Waals surface area contributed by atoms with Gasteiger partial charge in [0.05, 0.1) is 29.2 Å². The topological polar surface area (TPSA) is 92.4 Å². The molecule has 0 saturated carbocycles. The van der Waals surface area contributed by atoms with Crippen LogP contribution < -0.4 is 25.6 Å². The minimum absolute atomic E-state index is 0.143. The molecule has 2 bridgehead atoms. The summed E-state index contributed by atoms with van der Waals surface area (Å²) in [5.74, 6) is -1.23. The lowest BCUT2D eigenvalue weighted by Gasteiger charge is -2.38. The molecule has 1 aromatic carbocycles. The Morgan fingerprint density at radius 1 is 1.08 bits per heavy atom. The summed E-state index contributed by atoms with van der Waals surface area (Å²) < 4.78 is 35.4. The molecule has 0 amide bonds. The Balaban J connectivity index is 1.22. The molecule has 2 atom stereocenters. The molecule has 7 rings (SSSR count). The van der Waals surface area contributed by atoms with E-state index < -0.39 is 11.6 Å². The van der Waals surface area contributed by atoms with Crippen LogP contribution in [0.15, 0.2) is 36.5 Å². The highest BCUT2D eigenvalue weighted by molar-refractivity contribution is 7.22. The monoisotopic (exact) mass is 549 g/mol. The number of nitrogens with zero attached hydrogens (tertiary/aromatic N) is 5. The number of piperazine rings is 1. The molecule has 39 heavy (non-hydrogen) atoms. The molecule has 6 heterocycles. The number of anilines is 3. The van der Waals surface area contributed by atoms with Gasteiger partial charge in [0.1, 0.15) is 5.52 Å². The van der Waals surface area contributed by atoms with E-state index in [0.29, 0.717) is 55.3 Å². The number of hydrogen-bond donors (Lipinski definition) is 2. The van der Waals surface area contributed by atoms with Crippen molar-refractivity contribution in [3.63, 3.8) is 0 Å². The van der Waals surface area contributed by atoms with Gasteiger partial charge in [-0.05, 0) is 31.4 Å². The molecule has 0 aliphatic carbocycles. The van der Waals surface area contributed by atoms with Gasteiger partial charge in [-0.15, -0.1) is 0 Å². The Bertz CT molecular complexity index is 1520. The van der Waals surface area contributed by atoms with E-state index in [1.54, 1.807) is 6.20 Å². The van der Waals surface area contributed by atoms with Crippen molar-refractivity contribution in [1.82, 2.24) is 20.3 Å². The van der Waals surface area contributed by atoms with Gasteiger partial charge in [-0.3, -0.25) is 4.98 Å². The average Bonchev–Trinajstić information content (AvgIpc) is 3.51. The Kier molecular flexibility index (Phi) is 6.19. The second-order valence-corrected chi connectivity index (χ2v) is 11.5. The number of ether oxygens (including phenoxy) is 1. The number of thiazole rings is 1. The lowest BCUT2D eigenvalue weighted by molar-refractivity contribution is 0.306. The maximum absolute atomic E-state index is 14.6. The highest BCUT2D eigenvalue weighted by Gasteiger charge is 2.35. The van der Waals surface area contributed by atoms with Gasteiger partial charge in [-0.2, -0.15) is 0 Å². The van der Waals surface area contributed by atoms with Crippen LogP contribution in [-0.4, -0.2) is 53.3 Å². The third-order valence-corrected chi connectivity index (χ3v) is 8.80. The van der Waals surface area contributed by atoms with Crippen LogP contribution in [0.3, 0.4) is 0 Å². The lowest BCUT2D eigenvalue weighted by atomic mass is 10.00. The zero-order chi connectivity index (χ0) is 26.5. The van der Waals surface area contributed by atoms with E-state index in [4.69, 9.17) is 15.5 Å². The van der Waals surface area contributed by atoms with E-state index in [0.717, 1.165) is 42.2 Å². The highest BCUT2D eigenvalue weighted by atomic mass is 32.1. The van der Waals surface area contributed by atoms with Crippen molar-refractivity contribution in [2.45, 2.75) is 44.3 Å². The summed E-state index contributed by atoms with van der Waals surface area (Å²) in [5.41, 5.74) is 11.0. The van der Waals surface area contributed by atoms with Crippen LogP contribution in [0.2, 0.25) is 0 Å². The Labute approximate surface area is 228 Å². The van der Waals surface area contributed by atoms with Crippen LogP contribution in [-0.2, 0) is 19.4 Å². The molecule has 2 unspecified atom stereocenters. The van der Waals surface area contributed by atoms with E-state index in [2.05, 4.69) is 26.3 Å². The van der Waals surface area contributed by atoms with Gasteiger partial charge >= 0.3 is 0 Å². The fourth-order valence-electron chi connectivity index (χ4n) is 6.12. The Morgan fingerprint density at radius 2 is 1.92 bits per heavy atom. The van der Waals surface area contributed by atoms with E-state index in [1.165, 1.54) is 30.2 Å². The van der Waals surface area contributed by atoms with Crippen LogP contribution in [0.25, 0.3) is 10.2 Å². The van der Waals surface area contributed by atoms with E-state index >= 15 is 0 Å². The van der Waals surface area contributed by atoms with Gasteiger partial charge in [-0.25, -0.2) is 18.7 Å². The van der Waals surface area contributed by atoms with Crippen molar-refractivity contribution >= 4 is 38.1 Å². The summed E-state index contributed by atoms with van der Waals surface area (Å²) in [4.78, 5) is 18.1. The largest absolute Gasteiger partial charge is 0.477 e. The fourth-order valence-corrected chi connectivity index (χ4v) is 6.90. The number of benzene rings is 1. The smallest absolute Gasteiger partial charge is 0.215 e. The van der Waals surface area contributed by atoms with Crippen molar-refractivity contribution in [3.05, 3.63) is 65.1 Å². The molecule has 3 aliphatic heterocycles. The summed E-state index contributed by atoms with van der Waals surface area (Å²) in [6.45, 7) is 3.44. The third-order valence-electron chi connectivity index (χ3n) is 7.93. The first-order valence-electron chi connectivity index (χ1n) is 13.4. The number of nitrogens with one attached hydrogen (secondary N) is 1. The predicted octanol–water partition coefficient (Wildman–Crippen LogP) is 4.07. The van der Waals surface area contributed by atoms with Gasteiger partial charge in [-0.1, -0.05) is 17.4 Å². The number of pyridine rings is 2. The molecule has 8 nitrogen and oxygen atoms in total. The van der Waals surface area contributed by atoms with Crippen molar-refractivity contribution in [1.29, 1.82) is 0 Å². The molecule has 202 valence electrons. The number of aromatic nitrogens is 3. The third kappa shape index (κ3) is 4.63.